The highest BCUT2D eigenvalue weighted by molar-refractivity contribution is 5.95. The van der Waals surface area contributed by atoms with Crippen molar-refractivity contribution in [2.45, 2.75) is 37.5 Å². The second kappa shape index (κ2) is 6.46. The minimum Gasteiger partial charge on any atom is -0.478 e. The number of carboxylic acids is 1. The molecular weight excluding hydrogens is 325 g/mol. The third kappa shape index (κ3) is 3.18. The first-order chi connectivity index (χ1) is 12.0. The second-order valence-electron chi connectivity index (χ2n) is 7.37. The fourth-order valence-corrected chi connectivity index (χ4v) is 4.15. The van der Waals surface area contributed by atoms with E-state index in [4.69, 9.17) is 4.74 Å². The Labute approximate surface area is 146 Å². The molecule has 7 heteroatoms. The summed E-state index contributed by atoms with van der Waals surface area (Å²) >= 11 is 0. The molecule has 2 atom stereocenters. The summed E-state index contributed by atoms with van der Waals surface area (Å²) in [6.45, 7) is 3.12. The zero-order valence-electron chi connectivity index (χ0n) is 14.4. The van der Waals surface area contributed by atoms with Crippen LogP contribution in [0.5, 0.6) is 0 Å². The Hall–Kier alpha value is -1.86. The topological polar surface area (TPSA) is 65.0 Å². The van der Waals surface area contributed by atoms with E-state index < -0.39 is 5.97 Å². The molecule has 0 unspecified atom stereocenters. The van der Waals surface area contributed by atoms with Crippen molar-refractivity contribution in [2.75, 3.05) is 43.5 Å². The Morgan fingerprint density at radius 3 is 2.72 bits per heavy atom. The van der Waals surface area contributed by atoms with Gasteiger partial charge in [-0.1, -0.05) is 0 Å². The molecule has 3 heterocycles. The normalized spacial score (nSPS) is 27.0. The third-order valence-electron chi connectivity index (χ3n) is 5.61. The van der Waals surface area contributed by atoms with Gasteiger partial charge in [-0.2, -0.15) is 0 Å². The minimum atomic E-state index is -1.03. The van der Waals surface area contributed by atoms with Gasteiger partial charge in [-0.15, -0.1) is 0 Å². The predicted molar refractivity (Wildman–Crippen MR) is 93.0 cm³/mol. The summed E-state index contributed by atoms with van der Waals surface area (Å²) in [7, 11) is 2.07. The second-order valence-corrected chi connectivity index (χ2v) is 7.37. The van der Waals surface area contributed by atoms with Gasteiger partial charge in [0.25, 0.3) is 0 Å². The third-order valence-corrected chi connectivity index (χ3v) is 5.61. The molecule has 0 radical (unpaired) electrons. The van der Waals surface area contributed by atoms with Gasteiger partial charge in [0.15, 0.2) is 0 Å². The van der Waals surface area contributed by atoms with E-state index >= 15 is 0 Å². The molecule has 0 amide bonds. The first-order valence-corrected chi connectivity index (χ1v) is 8.91. The number of nitrogens with zero attached hydrogens (tertiary/aromatic N) is 2. The van der Waals surface area contributed by atoms with Gasteiger partial charge in [0.1, 0.15) is 5.82 Å². The number of ether oxygens (including phenoxy) is 1. The van der Waals surface area contributed by atoms with E-state index in [9.17, 15) is 14.3 Å². The summed E-state index contributed by atoms with van der Waals surface area (Å²) in [6, 6.07) is 3.16. The number of rotatable bonds is 4. The van der Waals surface area contributed by atoms with Crippen LogP contribution in [0.25, 0.3) is 0 Å². The van der Waals surface area contributed by atoms with E-state index in [1.54, 1.807) is 0 Å². The number of nitrogens with one attached hydrogen (secondary N) is 1. The first-order valence-electron chi connectivity index (χ1n) is 8.91. The van der Waals surface area contributed by atoms with Crippen LogP contribution in [-0.4, -0.2) is 67.5 Å². The molecule has 0 spiro atoms. The smallest absolute Gasteiger partial charge is 0.337 e. The number of halogens is 1. The number of anilines is 2. The lowest BCUT2D eigenvalue weighted by atomic mass is 10.0. The lowest BCUT2D eigenvalue weighted by molar-refractivity contribution is 0.0698. The molecule has 3 fully saturated rings. The van der Waals surface area contributed by atoms with E-state index in [1.165, 1.54) is 12.1 Å². The average molecular weight is 349 g/mol. The number of morpholine rings is 1. The van der Waals surface area contributed by atoms with Crippen molar-refractivity contribution in [1.82, 2.24) is 4.90 Å². The quantitative estimate of drug-likeness (QED) is 0.867. The SMILES string of the molecule is CN1CCC(Nc2cc(F)c(N3C[C@@H]4C[C@H]3CO4)cc2C(=O)O)CC1. The molecule has 0 saturated carbocycles. The number of benzene rings is 1. The van der Waals surface area contributed by atoms with Crippen molar-refractivity contribution >= 4 is 17.3 Å². The van der Waals surface area contributed by atoms with Crippen LogP contribution in [0.4, 0.5) is 15.8 Å². The van der Waals surface area contributed by atoms with Crippen LogP contribution in [0.2, 0.25) is 0 Å². The monoisotopic (exact) mass is 349 g/mol. The fraction of sp³-hybridized carbons (Fsp3) is 0.611. The molecule has 1 aromatic rings. The van der Waals surface area contributed by atoms with Crippen molar-refractivity contribution in [3.8, 4) is 0 Å². The number of hydrogen-bond acceptors (Lipinski definition) is 5. The number of hydrogen-bond donors (Lipinski definition) is 2. The highest BCUT2D eigenvalue weighted by Gasteiger charge is 2.40. The molecule has 136 valence electrons. The summed E-state index contributed by atoms with van der Waals surface area (Å²) in [5, 5.41) is 12.9. The van der Waals surface area contributed by atoms with Crippen molar-refractivity contribution in [2.24, 2.45) is 0 Å². The van der Waals surface area contributed by atoms with Crippen molar-refractivity contribution in [3.05, 3.63) is 23.5 Å². The molecule has 3 saturated heterocycles. The van der Waals surface area contributed by atoms with Gasteiger partial charge in [-0.3, -0.25) is 0 Å². The maximum atomic E-state index is 14.8. The van der Waals surface area contributed by atoms with Crippen LogP contribution in [0.1, 0.15) is 29.6 Å². The Bertz CT molecular complexity index is 676. The molecule has 2 N–H and O–H groups in total. The molecule has 4 rings (SSSR count). The highest BCUT2D eigenvalue weighted by Crippen LogP contribution is 2.36. The Balaban J connectivity index is 1.59. The number of likely N-dealkylation sites (tertiary alicyclic amines) is 1. The predicted octanol–water partition coefficient (Wildman–Crippen LogP) is 2.01. The zero-order chi connectivity index (χ0) is 17.6. The first kappa shape index (κ1) is 16.6. The summed E-state index contributed by atoms with van der Waals surface area (Å²) in [5.41, 5.74) is 0.894. The number of piperidine rings is 1. The van der Waals surface area contributed by atoms with E-state index in [0.29, 0.717) is 24.5 Å². The summed E-state index contributed by atoms with van der Waals surface area (Å²) in [5.74, 6) is -1.40. The largest absolute Gasteiger partial charge is 0.478 e. The van der Waals surface area contributed by atoms with Crippen molar-refractivity contribution in [1.29, 1.82) is 0 Å². The van der Waals surface area contributed by atoms with Gasteiger partial charge in [0.05, 0.1) is 35.7 Å². The zero-order valence-corrected chi connectivity index (χ0v) is 14.4. The van der Waals surface area contributed by atoms with E-state index in [2.05, 4.69) is 17.3 Å². The molecule has 0 aromatic heterocycles. The molecule has 6 nitrogen and oxygen atoms in total. The van der Waals surface area contributed by atoms with Gasteiger partial charge in [-0.25, -0.2) is 9.18 Å². The van der Waals surface area contributed by atoms with Gasteiger partial charge in [0.2, 0.25) is 0 Å². The van der Waals surface area contributed by atoms with Crippen LogP contribution < -0.4 is 10.2 Å². The standard InChI is InChI=1S/C18H24FN3O3/c1-21-4-2-11(3-5-21)20-16-8-15(19)17(7-14(16)18(23)24)22-9-13-6-12(22)10-25-13/h7-8,11-13,20H,2-6,9-10H2,1H3,(H,23,24)/t12-,13-/m0/s1. The molecule has 25 heavy (non-hydrogen) atoms. The number of carbonyl (C=O) groups is 1. The molecular formula is C18H24FN3O3. The Kier molecular flexibility index (Phi) is 4.29. The van der Waals surface area contributed by atoms with Crippen LogP contribution in [0, 0.1) is 5.82 Å². The van der Waals surface area contributed by atoms with Crippen molar-refractivity contribution < 1.29 is 19.0 Å². The van der Waals surface area contributed by atoms with E-state index in [0.717, 1.165) is 32.4 Å². The molecule has 3 aliphatic rings. The van der Waals surface area contributed by atoms with Gasteiger partial charge in [-0.05, 0) is 45.5 Å². The Morgan fingerprint density at radius 2 is 2.12 bits per heavy atom. The molecule has 1 aromatic carbocycles. The summed E-state index contributed by atoms with van der Waals surface area (Å²) < 4.78 is 20.3. The lowest BCUT2D eigenvalue weighted by Gasteiger charge is -2.32. The summed E-state index contributed by atoms with van der Waals surface area (Å²) in [4.78, 5) is 15.9. The maximum absolute atomic E-state index is 14.8. The van der Waals surface area contributed by atoms with Crippen LogP contribution in [0.3, 0.4) is 0 Å². The van der Waals surface area contributed by atoms with Gasteiger partial charge >= 0.3 is 5.97 Å². The van der Waals surface area contributed by atoms with Crippen LogP contribution in [0.15, 0.2) is 12.1 Å². The molecule has 2 bridgehead atoms. The van der Waals surface area contributed by atoms with Crippen LogP contribution in [-0.2, 0) is 4.74 Å². The molecule has 3 aliphatic heterocycles. The highest BCUT2D eigenvalue weighted by atomic mass is 19.1. The van der Waals surface area contributed by atoms with Crippen LogP contribution >= 0.6 is 0 Å². The lowest BCUT2D eigenvalue weighted by Crippen LogP contribution is -2.38. The van der Waals surface area contributed by atoms with Gasteiger partial charge < -0.3 is 25.0 Å². The van der Waals surface area contributed by atoms with E-state index in [-0.39, 0.29) is 29.6 Å². The summed E-state index contributed by atoms with van der Waals surface area (Å²) in [6.07, 6.45) is 2.87. The van der Waals surface area contributed by atoms with Crippen molar-refractivity contribution in [3.63, 3.8) is 0 Å². The number of carboxylic acid groups (broad SMARTS) is 1. The maximum Gasteiger partial charge on any atom is 0.337 e. The van der Waals surface area contributed by atoms with E-state index in [1.807, 2.05) is 4.90 Å². The molecule has 0 aliphatic carbocycles. The van der Waals surface area contributed by atoms with Gasteiger partial charge in [0, 0.05) is 18.7 Å². The average Bonchev–Trinajstić information content (AvgIpc) is 3.20. The number of aromatic carboxylic acids is 1. The number of fused-ring (bicyclic) bond motifs is 2. The minimum absolute atomic E-state index is 0.134. The Morgan fingerprint density at radius 1 is 1.36 bits per heavy atom. The fourth-order valence-electron chi connectivity index (χ4n) is 4.15.